The zero-order valence-corrected chi connectivity index (χ0v) is 14.5. The lowest BCUT2D eigenvalue weighted by molar-refractivity contribution is 0.661. The largest absolute Gasteiger partial charge is 0.311 e. The molecule has 2 heterocycles. The number of aryl methyl sites for hydroxylation is 1. The highest BCUT2D eigenvalue weighted by Crippen LogP contribution is 2.45. The maximum atomic E-state index is 4.49. The smallest absolute Gasteiger partial charge is 0.143 e. The van der Waals surface area contributed by atoms with E-state index in [0.29, 0.717) is 12.0 Å². The van der Waals surface area contributed by atoms with E-state index in [-0.39, 0.29) is 0 Å². The topological polar surface area (TPSA) is 61.4 Å². The molecule has 24 heavy (non-hydrogen) atoms. The molecule has 2 aliphatic rings. The molecule has 7 heteroatoms. The monoisotopic (exact) mass is 340 g/mol. The van der Waals surface area contributed by atoms with Crippen LogP contribution in [0.5, 0.6) is 0 Å². The van der Waals surface area contributed by atoms with Crippen molar-refractivity contribution in [2.24, 2.45) is 7.05 Å². The maximum Gasteiger partial charge on any atom is 0.143 e. The Kier molecular flexibility index (Phi) is 3.36. The lowest BCUT2D eigenvalue weighted by Crippen LogP contribution is -2.04. The van der Waals surface area contributed by atoms with E-state index in [0.717, 1.165) is 28.4 Å². The van der Waals surface area contributed by atoms with Crippen molar-refractivity contribution in [3.8, 4) is 0 Å². The molecular formula is C17H20N6S. The van der Waals surface area contributed by atoms with Crippen LogP contribution in [0.3, 0.4) is 0 Å². The van der Waals surface area contributed by atoms with Gasteiger partial charge in [-0.05, 0) is 43.4 Å². The van der Waals surface area contributed by atoms with Crippen LogP contribution in [0, 0.1) is 0 Å². The summed E-state index contributed by atoms with van der Waals surface area (Å²) in [6, 6.07) is 7.07. The van der Waals surface area contributed by atoms with Crippen LogP contribution in [0.15, 0.2) is 18.2 Å². The highest BCUT2D eigenvalue weighted by Gasteiger charge is 2.36. The van der Waals surface area contributed by atoms with Crippen molar-refractivity contribution in [2.75, 3.05) is 0 Å². The summed E-state index contributed by atoms with van der Waals surface area (Å²) in [5.41, 5.74) is 3.33. The van der Waals surface area contributed by atoms with E-state index in [1.807, 2.05) is 23.5 Å². The average Bonchev–Trinajstić information content (AvgIpc) is 3.52. The second kappa shape index (κ2) is 5.58. The summed E-state index contributed by atoms with van der Waals surface area (Å²) in [6.45, 7) is 0. The molecule has 2 aromatic heterocycles. The summed E-state index contributed by atoms with van der Waals surface area (Å²) >= 11 is 1.90. The van der Waals surface area contributed by atoms with Crippen LogP contribution in [-0.4, -0.2) is 29.8 Å². The van der Waals surface area contributed by atoms with Crippen molar-refractivity contribution in [1.29, 1.82) is 0 Å². The molecule has 0 spiro atoms. The Bertz CT molecular complexity index is 890. The predicted molar refractivity (Wildman–Crippen MR) is 93.8 cm³/mol. The molecule has 2 fully saturated rings. The Morgan fingerprint density at radius 3 is 2.75 bits per heavy atom. The normalized spacial score (nSPS) is 17.7. The van der Waals surface area contributed by atoms with E-state index in [4.69, 9.17) is 0 Å². The van der Waals surface area contributed by atoms with Gasteiger partial charge in [0.1, 0.15) is 17.2 Å². The van der Waals surface area contributed by atoms with Crippen LogP contribution in [-0.2, 0) is 18.6 Å². The van der Waals surface area contributed by atoms with E-state index < -0.39 is 0 Å². The van der Waals surface area contributed by atoms with Gasteiger partial charge in [0.2, 0.25) is 0 Å². The molecule has 6 nitrogen and oxygen atoms in total. The van der Waals surface area contributed by atoms with Gasteiger partial charge in [-0.3, -0.25) is 0 Å². The third-order valence-corrected chi connectivity index (χ3v) is 5.82. The number of hydrogen-bond donors (Lipinski definition) is 0. The standard InChI is InChI=1S/C17H20N6S/c1-22-15-7-2-11(8-14(15)18-21-22)9-24-10-16-19-20-17(12-3-4-12)23(16)13-5-6-13/h2,7-8,12-13H,3-6,9-10H2,1H3. The van der Waals surface area contributed by atoms with Crippen LogP contribution in [0.4, 0.5) is 0 Å². The highest BCUT2D eigenvalue weighted by atomic mass is 32.2. The number of nitrogens with zero attached hydrogens (tertiary/aromatic N) is 6. The first-order valence-electron chi connectivity index (χ1n) is 8.59. The van der Waals surface area contributed by atoms with E-state index in [1.54, 1.807) is 0 Å². The lowest BCUT2D eigenvalue weighted by Gasteiger charge is -2.08. The third-order valence-electron chi connectivity index (χ3n) is 4.82. The fourth-order valence-corrected chi connectivity index (χ4v) is 4.12. The summed E-state index contributed by atoms with van der Waals surface area (Å²) in [4.78, 5) is 0. The summed E-state index contributed by atoms with van der Waals surface area (Å²) < 4.78 is 4.25. The van der Waals surface area contributed by atoms with Crippen molar-refractivity contribution >= 4 is 22.8 Å². The second-order valence-electron chi connectivity index (χ2n) is 6.88. The molecule has 3 aromatic rings. The van der Waals surface area contributed by atoms with Gasteiger partial charge in [-0.15, -0.1) is 27.1 Å². The Balaban J connectivity index is 1.29. The first-order chi connectivity index (χ1) is 11.8. The minimum absolute atomic E-state index is 0.669. The SMILES string of the molecule is Cn1nnc2cc(CSCc3nnc(C4CC4)n3C3CC3)ccc21. The van der Waals surface area contributed by atoms with Gasteiger partial charge >= 0.3 is 0 Å². The first-order valence-corrected chi connectivity index (χ1v) is 9.75. The van der Waals surface area contributed by atoms with Gasteiger partial charge in [-0.1, -0.05) is 11.3 Å². The van der Waals surface area contributed by atoms with Crippen molar-refractivity contribution in [2.45, 2.75) is 49.1 Å². The maximum absolute atomic E-state index is 4.49. The van der Waals surface area contributed by atoms with E-state index in [9.17, 15) is 0 Å². The predicted octanol–water partition coefficient (Wildman–Crippen LogP) is 3.21. The number of rotatable bonds is 6. The van der Waals surface area contributed by atoms with Gasteiger partial charge in [0.05, 0.1) is 11.3 Å². The highest BCUT2D eigenvalue weighted by molar-refractivity contribution is 7.97. The molecule has 0 aliphatic heterocycles. The van der Waals surface area contributed by atoms with Gasteiger partial charge in [-0.2, -0.15) is 0 Å². The summed E-state index contributed by atoms with van der Waals surface area (Å²) in [6.07, 6.45) is 5.16. The molecule has 0 amide bonds. The zero-order valence-electron chi connectivity index (χ0n) is 13.7. The van der Waals surface area contributed by atoms with Crippen LogP contribution >= 0.6 is 11.8 Å². The zero-order chi connectivity index (χ0) is 16.1. The van der Waals surface area contributed by atoms with Crippen LogP contribution in [0.25, 0.3) is 11.0 Å². The van der Waals surface area contributed by atoms with Gasteiger partial charge in [0, 0.05) is 24.8 Å². The van der Waals surface area contributed by atoms with Crippen molar-refractivity contribution in [3.05, 3.63) is 35.4 Å². The molecule has 0 unspecified atom stereocenters. The minimum Gasteiger partial charge on any atom is -0.311 e. The Morgan fingerprint density at radius 1 is 1.08 bits per heavy atom. The number of hydrogen-bond acceptors (Lipinski definition) is 5. The molecular weight excluding hydrogens is 320 g/mol. The minimum atomic E-state index is 0.669. The molecule has 124 valence electrons. The molecule has 1 aromatic carbocycles. The number of aromatic nitrogens is 6. The van der Waals surface area contributed by atoms with Crippen LogP contribution in [0.2, 0.25) is 0 Å². The third kappa shape index (κ3) is 2.60. The van der Waals surface area contributed by atoms with Gasteiger partial charge in [-0.25, -0.2) is 4.68 Å². The van der Waals surface area contributed by atoms with E-state index in [2.05, 4.69) is 43.3 Å². The molecule has 0 saturated heterocycles. The van der Waals surface area contributed by atoms with Crippen LogP contribution in [0.1, 0.15) is 54.9 Å². The number of benzene rings is 1. The quantitative estimate of drug-likeness (QED) is 0.689. The molecule has 2 saturated carbocycles. The van der Waals surface area contributed by atoms with Crippen molar-refractivity contribution < 1.29 is 0 Å². The van der Waals surface area contributed by atoms with Crippen molar-refractivity contribution in [1.82, 2.24) is 29.8 Å². The van der Waals surface area contributed by atoms with Crippen LogP contribution < -0.4 is 0 Å². The van der Waals surface area contributed by atoms with Gasteiger partial charge in [0.25, 0.3) is 0 Å². The molecule has 0 bridgehead atoms. The van der Waals surface area contributed by atoms with E-state index in [1.165, 1.54) is 37.1 Å². The van der Waals surface area contributed by atoms with E-state index >= 15 is 0 Å². The fraction of sp³-hybridized carbons (Fsp3) is 0.529. The molecule has 0 radical (unpaired) electrons. The Morgan fingerprint density at radius 2 is 1.96 bits per heavy atom. The Labute approximate surface area is 144 Å². The van der Waals surface area contributed by atoms with Gasteiger partial charge in [0.15, 0.2) is 0 Å². The first kappa shape index (κ1) is 14.5. The summed E-state index contributed by atoms with van der Waals surface area (Å²) in [5, 5.41) is 17.2. The lowest BCUT2D eigenvalue weighted by atomic mass is 10.2. The molecule has 0 N–H and O–H groups in total. The fourth-order valence-electron chi connectivity index (χ4n) is 3.22. The molecule has 0 atom stereocenters. The molecule has 5 rings (SSSR count). The van der Waals surface area contributed by atoms with Gasteiger partial charge < -0.3 is 4.57 Å². The average molecular weight is 340 g/mol. The van der Waals surface area contributed by atoms with Crippen molar-refractivity contribution in [3.63, 3.8) is 0 Å². The Hall–Kier alpha value is -1.89. The summed E-state index contributed by atoms with van der Waals surface area (Å²) in [7, 11) is 1.92. The number of fused-ring (bicyclic) bond motifs is 1. The second-order valence-corrected chi connectivity index (χ2v) is 7.86. The summed E-state index contributed by atoms with van der Waals surface area (Å²) in [5.74, 6) is 4.97. The number of thioether (sulfide) groups is 1. The molecule has 2 aliphatic carbocycles.